The van der Waals surface area contributed by atoms with Gasteiger partial charge in [-0.25, -0.2) is 0 Å². The van der Waals surface area contributed by atoms with E-state index < -0.39 is 0 Å². The summed E-state index contributed by atoms with van der Waals surface area (Å²) in [5.41, 5.74) is 4.63. The molecule has 1 atom stereocenters. The molecule has 1 N–H and O–H groups in total. The van der Waals surface area contributed by atoms with E-state index in [1.165, 1.54) is 11.1 Å². The Labute approximate surface area is 143 Å². The van der Waals surface area contributed by atoms with Gasteiger partial charge in [0.2, 0.25) is 5.91 Å². The number of carbonyl (C=O) groups is 1. The second kappa shape index (κ2) is 6.29. The SMILES string of the molecule is Cc1ccc2c(c1)NC(=O)CC1CN(Cc3ccccc3)CCN21. The van der Waals surface area contributed by atoms with Crippen LogP contribution in [0.2, 0.25) is 0 Å². The van der Waals surface area contributed by atoms with Gasteiger partial charge in [0.1, 0.15) is 0 Å². The molecule has 0 aliphatic carbocycles. The van der Waals surface area contributed by atoms with Crippen molar-refractivity contribution in [1.82, 2.24) is 4.90 Å². The van der Waals surface area contributed by atoms with E-state index in [2.05, 4.69) is 70.6 Å². The predicted molar refractivity (Wildman–Crippen MR) is 97.3 cm³/mol. The third-order valence-electron chi connectivity index (χ3n) is 4.97. The first-order valence-electron chi connectivity index (χ1n) is 8.62. The zero-order valence-corrected chi connectivity index (χ0v) is 14.0. The summed E-state index contributed by atoms with van der Waals surface area (Å²) in [5, 5.41) is 3.08. The normalized spacial score (nSPS) is 20.8. The molecule has 124 valence electrons. The quantitative estimate of drug-likeness (QED) is 0.923. The monoisotopic (exact) mass is 321 g/mol. The number of hydrogen-bond acceptors (Lipinski definition) is 3. The van der Waals surface area contributed by atoms with E-state index in [4.69, 9.17) is 0 Å². The van der Waals surface area contributed by atoms with Crippen LogP contribution in [0.5, 0.6) is 0 Å². The van der Waals surface area contributed by atoms with Crippen LogP contribution in [0.3, 0.4) is 0 Å². The molecule has 0 radical (unpaired) electrons. The molecule has 4 heteroatoms. The fourth-order valence-electron chi connectivity index (χ4n) is 3.81. The van der Waals surface area contributed by atoms with Crippen molar-refractivity contribution in [2.45, 2.75) is 25.9 Å². The molecule has 2 aliphatic rings. The highest BCUT2D eigenvalue weighted by Gasteiger charge is 2.32. The first-order valence-corrected chi connectivity index (χ1v) is 8.62. The molecule has 4 rings (SSSR count). The molecule has 4 nitrogen and oxygen atoms in total. The lowest BCUT2D eigenvalue weighted by atomic mass is 10.1. The highest BCUT2D eigenvalue weighted by molar-refractivity contribution is 5.97. The average molecular weight is 321 g/mol. The van der Waals surface area contributed by atoms with Crippen LogP contribution in [0.4, 0.5) is 11.4 Å². The number of nitrogens with one attached hydrogen (secondary N) is 1. The van der Waals surface area contributed by atoms with Crippen LogP contribution in [0.15, 0.2) is 48.5 Å². The van der Waals surface area contributed by atoms with Gasteiger partial charge in [-0.05, 0) is 30.2 Å². The number of hydrogen-bond donors (Lipinski definition) is 1. The molecule has 1 unspecified atom stereocenters. The van der Waals surface area contributed by atoms with Crippen molar-refractivity contribution >= 4 is 17.3 Å². The summed E-state index contributed by atoms with van der Waals surface area (Å²) in [4.78, 5) is 17.2. The Morgan fingerprint density at radius 2 is 1.96 bits per heavy atom. The van der Waals surface area contributed by atoms with E-state index in [1.54, 1.807) is 0 Å². The summed E-state index contributed by atoms with van der Waals surface area (Å²) in [5.74, 6) is 0.121. The maximum Gasteiger partial charge on any atom is 0.226 e. The second-order valence-electron chi connectivity index (χ2n) is 6.84. The Hall–Kier alpha value is -2.33. The Bertz CT molecular complexity index is 744. The molecule has 0 spiro atoms. The molecule has 2 heterocycles. The summed E-state index contributed by atoms with van der Waals surface area (Å²) in [6.07, 6.45) is 0.555. The molecule has 0 aromatic heterocycles. The lowest BCUT2D eigenvalue weighted by molar-refractivity contribution is -0.116. The maximum absolute atomic E-state index is 12.3. The summed E-state index contributed by atoms with van der Waals surface area (Å²) < 4.78 is 0. The molecule has 2 aliphatic heterocycles. The number of nitrogens with zero attached hydrogens (tertiary/aromatic N) is 2. The number of anilines is 2. The highest BCUT2D eigenvalue weighted by atomic mass is 16.1. The molecule has 1 amide bonds. The van der Waals surface area contributed by atoms with E-state index in [1.807, 2.05) is 0 Å². The van der Waals surface area contributed by atoms with Gasteiger partial charge in [0, 0.05) is 32.6 Å². The first kappa shape index (κ1) is 15.2. The lowest BCUT2D eigenvalue weighted by Gasteiger charge is -2.42. The van der Waals surface area contributed by atoms with E-state index in [0.29, 0.717) is 6.42 Å². The smallest absolute Gasteiger partial charge is 0.226 e. The zero-order chi connectivity index (χ0) is 16.5. The van der Waals surface area contributed by atoms with Crippen molar-refractivity contribution in [3.8, 4) is 0 Å². The Morgan fingerprint density at radius 1 is 1.12 bits per heavy atom. The topological polar surface area (TPSA) is 35.6 Å². The largest absolute Gasteiger partial charge is 0.364 e. The van der Waals surface area contributed by atoms with Crippen LogP contribution in [0, 0.1) is 6.92 Å². The second-order valence-corrected chi connectivity index (χ2v) is 6.84. The number of aryl methyl sites for hydroxylation is 1. The molecule has 0 bridgehead atoms. The number of piperazine rings is 1. The van der Waals surface area contributed by atoms with Gasteiger partial charge in [0.25, 0.3) is 0 Å². The highest BCUT2D eigenvalue weighted by Crippen LogP contribution is 2.34. The third kappa shape index (κ3) is 3.02. The van der Waals surface area contributed by atoms with Gasteiger partial charge in [0.05, 0.1) is 17.4 Å². The number of fused-ring (bicyclic) bond motifs is 3. The Kier molecular flexibility index (Phi) is 3.98. The van der Waals surface area contributed by atoms with Gasteiger partial charge in [0.15, 0.2) is 0 Å². The van der Waals surface area contributed by atoms with Crippen molar-refractivity contribution in [3.63, 3.8) is 0 Å². The summed E-state index contributed by atoms with van der Waals surface area (Å²) in [6, 6.07) is 17.2. The van der Waals surface area contributed by atoms with Crippen molar-refractivity contribution in [3.05, 3.63) is 59.7 Å². The van der Waals surface area contributed by atoms with Crippen molar-refractivity contribution in [2.24, 2.45) is 0 Å². The fourth-order valence-corrected chi connectivity index (χ4v) is 3.81. The van der Waals surface area contributed by atoms with Crippen LogP contribution in [0.1, 0.15) is 17.5 Å². The van der Waals surface area contributed by atoms with Crippen LogP contribution in [0.25, 0.3) is 0 Å². The molecule has 1 saturated heterocycles. The zero-order valence-electron chi connectivity index (χ0n) is 14.0. The Morgan fingerprint density at radius 3 is 2.79 bits per heavy atom. The average Bonchev–Trinajstić information content (AvgIpc) is 2.70. The molecule has 0 saturated carbocycles. The fraction of sp³-hybridized carbons (Fsp3) is 0.350. The van der Waals surface area contributed by atoms with Crippen LogP contribution < -0.4 is 10.2 Å². The first-order chi connectivity index (χ1) is 11.7. The predicted octanol–water partition coefficient (Wildman–Crippen LogP) is 3.03. The van der Waals surface area contributed by atoms with Crippen LogP contribution in [-0.4, -0.2) is 36.5 Å². The van der Waals surface area contributed by atoms with Gasteiger partial charge < -0.3 is 10.2 Å². The summed E-state index contributed by atoms with van der Waals surface area (Å²) in [6.45, 7) is 5.92. The minimum Gasteiger partial charge on any atom is -0.364 e. The summed E-state index contributed by atoms with van der Waals surface area (Å²) >= 11 is 0. The molecule has 2 aromatic carbocycles. The maximum atomic E-state index is 12.3. The summed E-state index contributed by atoms with van der Waals surface area (Å²) in [7, 11) is 0. The minimum absolute atomic E-state index is 0.121. The molecule has 1 fully saturated rings. The standard InChI is InChI=1S/C20H23N3O/c1-15-7-8-19-18(11-15)21-20(24)12-17-14-22(9-10-23(17)19)13-16-5-3-2-4-6-16/h2-8,11,17H,9-10,12-14H2,1H3,(H,21,24). The Balaban J connectivity index is 1.55. The van der Waals surface area contributed by atoms with Gasteiger partial charge in [-0.1, -0.05) is 36.4 Å². The van der Waals surface area contributed by atoms with Gasteiger partial charge in [-0.15, -0.1) is 0 Å². The van der Waals surface area contributed by atoms with E-state index in [0.717, 1.165) is 37.6 Å². The third-order valence-corrected chi connectivity index (χ3v) is 4.97. The van der Waals surface area contributed by atoms with Crippen molar-refractivity contribution < 1.29 is 4.79 Å². The van der Waals surface area contributed by atoms with Crippen LogP contribution in [-0.2, 0) is 11.3 Å². The van der Waals surface area contributed by atoms with E-state index >= 15 is 0 Å². The van der Waals surface area contributed by atoms with Crippen LogP contribution >= 0.6 is 0 Å². The number of rotatable bonds is 2. The molecular formula is C20H23N3O. The molecule has 24 heavy (non-hydrogen) atoms. The van der Waals surface area contributed by atoms with Gasteiger partial charge in [-0.3, -0.25) is 9.69 Å². The van der Waals surface area contributed by atoms with Crippen molar-refractivity contribution in [1.29, 1.82) is 0 Å². The van der Waals surface area contributed by atoms with E-state index in [9.17, 15) is 4.79 Å². The number of benzene rings is 2. The molecular weight excluding hydrogens is 298 g/mol. The van der Waals surface area contributed by atoms with E-state index in [-0.39, 0.29) is 11.9 Å². The minimum atomic E-state index is 0.121. The van der Waals surface area contributed by atoms with Gasteiger partial charge >= 0.3 is 0 Å². The molecule has 2 aromatic rings. The van der Waals surface area contributed by atoms with Gasteiger partial charge in [-0.2, -0.15) is 0 Å². The lowest BCUT2D eigenvalue weighted by Crippen LogP contribution is -2.53. The van der Waals surface area contributed by atoms with Crippen molar-refractivity contribution in [2.75, 3.05) is 29.9 Å². The number of amides is 1. The number of carbonyl (C=O) groups excluding carboxylic acids is 1.